The van der Waals surface area contributed by atoms with Crippen molar-refractivity contribution in [2.45, 2.75) is 37.8 Å². The van der Waals surface area contributed by atoms with Gasteiger partial charge >= 0.3 is 12.4 Å². The van der Waals surface area contributed by atoms with Gasteiger partial charge in [-0.1, -0.05) is 35.0 Å². The fourth-order valence-electron chi connectivity index (χ4n) is 4.92. The number of hydrogen-bond donors (Lipinski definition) is 0. The molecule has 1 atom stereocenters. The van der Waals surface area contributed by atoms with E-state index in [-0.39, 0.29) is 34.6 Å². The summed E-state index contributed by atoms with van der Waals surface area (Å²) in [5.74, 6) is -0.549. The third-order valence-corrected chi connectivity index (χ3v) is 7.12. The third kappa shape index (κ3) is 5.85. The number of carbonyl (C=O) groups is 1. The van der Waals surface area contributed by atoms with Crippen LogP contribution in [0.3, 0.4) is 0 Å². The molecule has 214 valence electrons. The van der Waals surface area contributed by atoms with Gasteiger partial charge in [0, 0.05) is 29.3 Å². The summed E-state index contributed by atoms with van der Waals surface area (Å²) in [6, 6.07) is 10.6. The number of rotatable bonds is 5. The van der Waals surface area contributed by atoms with Crippen LogP contribution in [0.4, 0.5) is 26.3 Å². The highest BCUT2D eigenvalue weighted by molar-refractivity contribution is 6.31. The molecule has 1 saturated heterocycles. The topological polar surface area (TPSA) is 78.0 Å². The Morgan fingerprint density at radius 1 is 1.00 bits per heavy atom. The van der Waals surface area contributed by atoms with Crippen molar-refractivity contribution >= 4 is 17.5 Å². The second-order valence-electron chi connectivity index (χ2n) is 9.48. The second kappa shape index (κ2) is 10.7. The lowest BCUT2D eigenvalue weighted by Gasteiger charge is -2.25. The monoisotopic (exact) mass is 595 g/mol. The van der Waals surface area contributed by atoms with Gasteiger partial charge in [0.05, 0.1) is 23.7 Å². The van der Waals surface area contributed by atoms with E-state index in [1.54, 1.807) is 29.2 Å². The Bertz CT molecular complexity index is 1550. The van der Waals surface area contributed by atoms with Crippen molar-refractivity contribution in [3.63, 3.8) is 0 Å². The van der Waals surface area contributed by atoms with Crippen LogP contribution in [0.25, 0.3) is 11.3 Å². The highest BCUT2D eigenvalue weighted by atomic mass is 35.5. The zero-order valence-electron chi connectivity index (χ0n) is 21.0. The summed E-state index contributed by atoms with van der Waals surface area (Å²) in [5, 5.41) is 20.1. The minimum absolute atomic E-state index is 0.0337. The summed E-state index contributed by atoms with van der Waals surface area (Å²) in [6.07, 6.45) is -6.52. The molecule has 1 aliphatic heterocycles. The first-order valence-electron chi connectivity index (χ1n) is 12.3. The first-order valence-corrected chi connectivity index (χ1v) is 12.7. The number of alkyl halides is 6. The fraction of sp³-hybridized carbons (Fsp3) is 0.259. The molecule has 5 rings (SSSR count). The summed E-state index contributed by atoms with van der Waals surface area (Å²) in [7, 11) is 0. The Morgan fingerprint density at radius 2 is 1.63 bits per heavy atom. The van der Waals surface area contributed by atoms with Crippen LogP contribution in [0.15, 0.2) is 67.0 Å². The summed E-state index contributed by atoms with van der Waals surface area (Å²) in [4.78, 5) is 15.4. The van der Waals surface area contributed by atoms with Crippen LogP contribution < -0.4 is 4.73 Å². The zero-order chi connectivity index (χ0) is 29.5. The van der Waals surface area contributed by atoms with Crippen LogP contribution in [-0.2, 0) is 18.9 Å². The number of carbonyl (C=O) groups excluding carboxylic acids is 1. The van der Waals surface area contributed by atoms with Gasteiger partial charge in [-0.3, -0.25) is 4.79 Å². The lowest BCUT2D eigenvalue weighted by Crippen LogP contribution is -2.31. The Morgan fingerprint density at radius 3 is 2.24 bits per heavy atom. The van der Waals surface area contributed by atoms with Crippen LogP contribution in [0.2, 0.25) is 5.02 Å². The van der Waals surface area contributed by atoms with E-state index in [0.717, 1.165) is 22.6 Å². The van der Waals surface area contributed by atoms with E-state index in [4.69, 9.17) is 11.6 Å². The largest absolute Gasteiger partial charge is 0.619 e. The average Bonchev–Trinajstić information content (AvgIpc) is 3.56. The van der Waals surface area contributed by atoms with Gasteiger partial charge < -0.3 is 10.1 Å². The molecule has 0 radical (unpaired) electrons. The number of halogens is 7. The summed E-state index contributed by atoms with van der Waals surface area (Å²) in [5.41, 5.74) is -2.46. The summed E-state index contributed by atoms with van der Waals surface area (Å²) >= 11 is 6.38. The number of pyridine rings is 1. The highest BCUT2D eigenvalue weighted by Crippen LogP contribution is 2.39. The summed E-state index contributed by atoms with van der Waals surface area (Å²) in [6.45, 7) is -0.207. The van der Waals surface area contributed by atoms with Gasteiger partial charge in [0.25, 0.3) is 5.91 Å². The lowest BCUT2D eigenvalue weighted by atomic mass is 10.0. The van der Waals surface area contributed by atoms with Crippen LogP contribution in [0.5, 0.6) is 0 Å². The quantitative estimate of drug-likeness (QED) is 0.154. The molecule has 1 unspecified atom stereocenters. The van der Waals surface area contributed by atoms with Gasteiger partial charge in [-0.15, -0.1) is 5.10 Å². The number of nitrogens with zero attached hydrogens (tertiary/aromatic N) is 5. The van der Waals surface area contributed by atoms with Crippen molar-refractivity contribution in [2.75, 3.05) is 6.54 Å². The molecule has 4 aromatic rings. The summed E-state index contributed by atoms with van der Waals surface area (Å²) < 4.78 is 82.2. The molecule has 3 heterocycles. The SMILES string of the molecule is O=C(c1nnn(Cc2cc(C(F)(F)F)cc(C(F)(F)F)c2)c1-c1cc[n+]([O-])cc1)N1CCCC1c1ccccc1Cl. The number of hydrogen-bond acceptors (Lipinski definition) is 4. The third-order valence-electron chi connectivity index (χ3n) is 6.77. The first-order chi connectivity index (χ1) is 19.3. The number of likely N-dealkylation sites (tertiary alicyclic amines) is 1. The van der Waals surface area contributed by atoms with Gasteiger partial charge in [-0.25, -0.2) is 4.68 Å². The van der Waals surface area contributed by atoms with Gasteiger partial charge in [-0.05, 0) is 48.2 Å². The molecule has 1 amide bonds. The van der Waals surface area contributed by atoms with Crippen molar-refractivity contribution in [1.82, 2.24) is 19.9 Å². The van der Waals surface area contributed by atoms with E-state index in [2.05, 4.69) is 10.3 Å². The van der Waals surface area contributed by atoms with E-state index >= 15 is 0 Å². The van der Waals surface area contributed by atoms with E-state index in [9.17, 15) is 36.3 Å². The fourth-order valence-corrected chi connectivity index (χ4v) is 5.18. The Kier molecular flexibility index (Phi) is 7.41. The molecule has 0 N–H and O–H groups in total. The normalized spacial score (nSPS) is 15.9. The van der Waals surface area contributed by atoms with Gasteiger partial charge in [-0.2, -0.15) is 31.1 Å². The van der Waals surface area contributed by atoms with E-state index in [1.165, 1.54) is 12.1 Å². The number of benzene rings is 2. The molecule has 2 aromatic heterocycles. The lowest BCUT2D eigenvalue weighted by molar-refractivity contribution is -0.605. The van der Waals surface area contributed by atoms with Gasteiger partial charge in [0.2, 0.25) is 0 Å². The molecule has 41 heavy (non-hydrogen) atoms. The molecule has 1 fully saturated rings. The molecular formula is C27H20ClF6N5O2. The Hall–Kier alpha value is -4.13. The van der Waals surface area contributed by atoms with Crippen molar-refractivity contribution in [1.29, 1.82) is 0 Å². The maximum Gasteiger partial charge on any atom is 0.416 e. The van der Waals surface area contributed by atoms with Crippen LogP contribution in [0, 0.1) is 5.21 Å². The van der Waals surface area contributed by atoms with Gasteiger partial charge in [0.1, 0.15) is 5.69 Å². The van der Waals surface area contributed by atoms with Crippen LogP contribution >= 0.6 is 11.6 Å². The molecule has 2 aromatic carbocycles. The minimum atomic E-state index is -5.03. The van der Waals surface area contributed by atoms with Crippen molar-refractivity contribution in [3.05, 3.63) is 105 Å². The van der Waals surface area contributed by atoms with Crippen molar-refractivity contribution < 1.29 is 35.9 Å². The van der Waals surface area contributed by atoms with Crippen molar-refractivity contribution in [3.8, 4) is 11.3 Å². The maximum atomic E-state index is 13.8. The van der Waals surface area contributed by atoms with E-state index in [1.807, 2.05) is 0 Å². The Balaban J connectivity index is 1.59. The first kappa shape index (κ1) is 28.4. The van der Waals surface area contributed by atoms with Crippen LogP contribution in [0.1, 0.15) is 51.6 Å². The van der Waals surface area contributed by atoms with E-state index < -0.39 is 35.9 Å². The molecule has 0 saturated carbocycles. The predicted octanol–water partition coefficient (Wildman–Crippen LogP) is 6.30. The van der Waals surface area contributed by atoms with Crippen molar-refractivity contribution in [2.24, 2.45) is 0 Å². The molecule has 14 heteroatoms. The average molecular weight is 596 g/mol. The molecule has 0 bridgehead atoms. The molecule has 0 spiro atoms. The standard InChI is InChI=1S/C27H20ClF6N5O2/c28-21-5-2-1-4-20(21)22-6-3-9-38(22)25(40)23-24(17-7-10-37(41)11-8-17)39(36-35-23)15-16-12-18(26(29,30)31)14-19(13-16)27(32,33)34/h1-2,4-5,7-8,10-14,22H,3,6,9,15H2. The maximum absolute atomic E-state index is 13.8. The minimum Gasteiger partial charge on any atom is -0.619 e. The number of amides is 1. The predicted molar refractivity (Wildman–Crippen MR) is 134 cm³/mol. The molecular weight excluding hydrogens is 576 g/mol. The smallest absolute Gasteiger partial charge is 0.416 e. The molecule has 1 aliphatic rings. The van der Waals surface area contributed by atoms with E-state index in [0.29, 0.717) is 41.3 Å². The zero-order valence-corrected chi connectivity index (χ0v) is 21.7. The van der Waals surface area contributed by atoms with Crippen LogP contribution in [-0.4, -0.2) is 32.3 Å². The molecule has 7 nitrogen and oxygen atoms in total. The highest BCUT2D eigenvalue weighted by Gasteiger charge is 2.38. The second-order valence-corrected chi connectivity index (χ2v) is 9.89. The Labute approximate surface area is 234 Å². The number of aromatic nitrogens is 4. The molecule has 0 aliphatic carbocycles. The van der Waals surface area contributed by atoms with Gasteiger partial charge in [0.15, 0.2) is 18.1 Å².